The summed E-state index contributed by atoms with van der Waals surface area (Å²) >= 11 is 0. The second kappa shape index (κ2) is 10.9. The zero-order valence-corrected chi connectivity index (χ0v) is 19.9. The van der Waals surface area contributed by atoms with E-state index in [1.807, 2.05) is 36.5 Å². The van der Waals surface area contributed by atoms with Crippen LogP contribution >= 0.6 is 0 Å². The van der Waals surface area contributed by atoms with Gasteiger partial charge in [-0.05, 0) is 46.7 Å². The van der Waals surface area contributed by atoms with E-state index in [0.29, 0.717) is 25.2 Å². The molecule has 6 nitrogen and oxygen atoms in total. The van der Waals surface area contributed by atoms with E-state index < -0.39 is 5.97 Å². The fourth-order valence-corrected chi connectivity index (χ4v) is 4.66. The summed E-state index contributed by atoms with van der Waals surface area (Å²) in [4.78, 5) is 22.7. The molecule has 2 heterocycles. The Morgan fingerprint density at radius 1 is 1.00 bits per heavy atom. The summed E-state index contributed by atoms with van der Waals surface area (Å²) in [6.07, 6.45) is 4.07. The first kappa shape index (κ1) is 24.1. The van der Waals surface area contributed by atoms with Crippen molar-refractivity contribution in [1.82, 2.24) is 4.40 Å². The number of nitrogens with two attached hydrogens (primary N) is 1. The molecule has 0 spiro atoms. The SMILES string of the molecule is CCc1c(CC(N)=O)c2cc(OCCCC(=O)O)ccn2c1Cc1ccccc1-c1ccccc1. The zero-order valence-electron chi connectivity index (χ0n) is 19.9. The Morgan fingerprint density at radius 3 is 2.46 bits per heavy atom. The molecule has 0 fully saturated rings. The van der Waals surface area contributed by atoms with Crippen LogP contribution in [0.5, 0.6) is 5.75 Å². The van der Waals surface area contributed by atoms with Gasteiger partial charge in [-0.25, -0.2) is 0 Å². The van der Waals surface area contributed by atoms with Crippen LogP contribution < -0.4 is 10.5 Å². The van der Waals surface area contributed by atoms with Crippen LogP contribution in [-0.4, -0.2) is 28.0 Å². The molecule has 0 atom stereocenters. The van der Waals surface area contributed by atoms with Gasteiger partial charge in [-0.1, -0.05) is 61.5 Å². The quantitative estimate of drug-likeness (QED) is 0.301. The topological polar surface area (TPSA) is 94.0 Å². The molecule has 4 aromatic rings. The molecule has 0 aliphatic rings. The van der Waals surface area contributed by atoms with Crippen molar-refractivity contribution in [3.63, 3.8) is 0 Å². The number of hydrogen-bond acceptors (Lipinski definition) is 3. The predicted octanol–water partition coefficient (Wildman–Crippen LogP) is 5.03. The van der Waals surface area contributed by atoms with Crippen LogP contribution in [0.2, 0.25) is 0 Å². The molecule has 0 aliphatic heterocycles. The summed E-state index contributed by atoms with van der Waals surface area (Å²) < 4.78 is 7.94. The second-order valence-corrected chi connectivity index (χ2v) is 8.56. The number of primary amides is 1. The molecule has 0 unspecified atom stereocenters. The lowest BCUT2D eigenvalue weighted by molar-refractivity contribution is -0.137. The van der Waals surface area contributed by atoms with Gasteiger partial charge in [-0.2, -0.15) is 0 Å². The minimum atomic E-state index is -0.840. The molecule has 2 aromatic carbocycles. The minimum Gasteiger partial charge on any atom is -0.493 e. The molecule has 180 valence electrons. The van der Waals surface area contributed by atoms with Gasteiger partial charge in [0, 0.05) is 30.8 Å². The maximum Gasteiger partial charge on any atom is 0.303 e. The number of fused-ring (bicyclic) bond motifs is 1. The molecule has 3 N–H and O–H groups in total. The van der Waals surface area contributed by atoms with Crippen LogP contribution in [0.4, 0.5) is 0 Å². The Morgan fingerprint density at radius 2 is 1.74 bits per heavy atom. The maximum absolute atomic E-state index is 12.0. The standard InChI is InChI=1S/C29H30N2O4/c1-2-23-25(19-28(30)32)27-18-22(35-16-8-13-29(33)34)14-15-31(27)26(23)17-21-11-6-7-12-24(21)20-9-4-3-5-10-20/h3-7,9-12,14-15,18H,2,8,13,16-17,19H2,1H3,(H2,30,32)(H,33,34). The summed E-state index contributed by atoms with van der Waals surface area (Å²) in [5.74, 6) is -0.575. The number of aromatic nitrogens is 1. The molecule has 0 saturated heterocycles. The molecular formula is C29H30N2O4. The number of pyridine rings is 1. The fourth-order valence-electron chi connectivity index (χ4n) is 4.66. The van der Waals surface area contributed by atoms with E-state index in [0.717, 1.165) is 34.3 Å². The third-order valence-corrected chi connectivity index (χ3v) is 6.21. The normalized spacial score (nSPS) is 11.0. The van der Waals surface area contributed by atoms with Gasteiger partial charge in [0.25, 0.3) is 0 Å². The van der Waals surface area contributed by atoms with Gasteiger partial charge in [0.05, 0.1) is 18.5 Å². The summed E-state index contributed by atoms with van der Waals surface area (Å²) in [6.45, 7) is 2.40. The number of rotatable bonds is 11. The molecule has 0 aliphatic carbocycles. The number of amides is 1. The molecule has 1 amide bonds. The molecule has 4 rings (SSSR count). The first-order valence-electron chi connectivity index (χ1n) is 11.9. The van der Waals surface area contributed by atoms with Crippen molar-refractivity contribution >= 4 is 17.4 Å². The van der Waals surface area contributed by atoms with Crippen molar-refractivity contribution in [2.45, 2.75) is 39.0 Å². The average Bonchev–Trinajstić information content (AvgIpc) is 3.13. The van der Waals surface area contributed by atoms with Crippen LogP contribution in [0.15, 0.2) is 72.9 Å². The van der Waals surface area contributed by atoms with Crippen molar-refractivity contribution in [3.8, 4) is 16.9 Å². The number of carbonyl (C=O) groups excluding carboxylic acids is 1. The largest absolute Gasteiger partial charge is 0.493 e. The van der Waals surface area contributed by atoms with Gasteiger partial charge in [-0.3, -0.25) is 9.59 Å². The van der Waals surface area contributed by atoms with Crippen molar-refractivity contribution in [3.05, 3.63) is 95.3 Å². The highest BCUT2D eigenvalue weighted by atomic mass is 16.5. The zero-order chi connectivity index (χ0) is 24.8. The van der Waals surface area contributed by atoms with Crippen LogP contribution in [0, 0.1) is 0 Å². The summed E-state index contributed by atoms with van der Waals surface area (Å²) in [6, 6.07) is 22.5. The van der Waals surface area contributed by atoms with Crippen molar-refractivity contribution in [2.75, 3.05) is 6.61 Å². The molecule has 2 aromatic heterocycles. The minimum absolute atomic E-state index is 0.0608. The van der Waals surface area contributed by atoms with Gasteiger partial charge in [0.15, 0.2) is 0 Å². The van der Waals surface area contributed by atoms with Crippen molar-refractivity contribution in [2.24, 2.45) is 5.73 Å². The number of ether oxygens (including phenoxy) is 1. The summed E-state index contributed by atoms with van der Waals surface area (Å²) in [5, 5.41) is 8.84. The van der Waals surface area contributed by atoms with Crippen LogP contribution in [0.1, 0.15) is 42.1 Å². The third-order valence-electron chi connectivity index (χ3n) is 6.21. The average molecular weight is 471 g/mol. The summed E-state index contributed by atoms with van der Waals surface area (Å²) in [5.41, 5.74) is 13.2. The lowest BCUT2D eigenvalue weighted by atomic mass is 9.94. The van der Waals surface area contributed by atoms with Gasteiger partial charge >= 0.3 is 5.97 Å². The number of carbonyl (C=O) groups is 2. The predicted molar refractivity (Wildman–Crippen MR) is 137 cm³/mol. The van der Waals surface area contributed by atoms with E-state index in [1.165, 1.54) is 11.1 Å². The van der Waals surface area contributed by atoms with Gasteiger partial charge < -0.3 is 20.0 Å². The Labute approximate surface area is 205 Å². The van der Waals surface area contributed by atoms with E-state index in [1.54, 1.807) is 0 Å². The maximum atomic E-state index is 12.0. The molecule has 35 heavy (non-hydrogen) atoms. The monoisotopic (exact) mass is 470 g/mol. The van der Waals surface area contributed by atoms with E-state index in [4.69, 9.17) is 15.6 Å². The molecule has 0 saturated carbocycles. The Hall–Kier alpha value is -4.06. The van der Waals surface area contributed by atoms with Crippen LogP contribution in [0.3, 0.4) is 0 Å². The molecular weight excluding hydrogens is 440 g/mol. The highest BCUT2D eigenvalue weighted by Crippen LogP contribution is 2.32. The summed E-state index contributed by atoms with van der Waals surface area (Å²) in [7, 11) is 0. The number of carboxylic acid groups (broad SMARTS) is 1. The number of benzene rings is 2. The number of nitrogens with zero attached hydrogens (tertiary/aromatic N) is 1. The van der Waals surface area contributed by atoms with E-state index in [-0.39, 0.29) is 18.7 Å². The highest BCUT2D eigenvalue weighted by Gasteiger charge is 2.20. The highest BCUT2D eigenvalue weighted by molar-refractivity contribution is 5.81. The van der Waals surface area contributed by atoms with Crippen molar-refractivity contribution < 1.29 is 19.4 Å². The van der Waals surface area contributed by atoms with Crippen LogP contribution in [0.25, 0.3) is 16.6 Å². The molecule has 6 heteroatoms. The smallest absolute Gasteiger partial charge is 0.303 e. The van der Waals surface area contributed by atoms with Gasteiger partial charge in [0.2, 0.25) is 5.91 Å². The fraction of sp³-hybridized carbons (Fsp3) is 0.241. The first-order chi connectivity index (χ1) is 17.0. The molecule has 0 radical (unpaired) electrons. The van der Waals surface area contributed by atoms with Gasteiger partial charge in [-0.15, -0.1) is 0 Å². The molecule has 0 bridgehead atoms. The number of carboxylic acids is 1. The van der Waals surface area contributed by atoms with E-state index >= 15 is 0 Å². The van der Waals surface area contributed by atoms with Crippen LogP contribution in [-0.2, 0) is 28.9 Å². The van der Waals surface area contributed by atoms with Gasteiger partial charge in [0.1, 0.15) is 5.75 Å². The lowest BCUT2D eigenvalue weighted by Crippen LogP contribution is -2.14. The van der Waals surface area contributed by atoms with Crippen molar-refractivity contribution in [1.29, 1.82) is 0 Å². The first-order valence-corrected chi connectivity index (χ1v) is 11.9. The number of aliphatic carboxylic acids is 1. The second-order valence-electron chi connectivity index (χ2n) is 8.56. The Kier molecular flexibility index (Phi) is 7.51. The van der Waals surface area contributed by atoms with E-state index in [9.17, 15) is 9.59 Å². The van der Waals surface area contributed by atoms with E-state index in [2.05, 4.69) is 47.7 Å². The lowest BCUT2D eigenvalue weighted by Gasteiger charge is -2.12. The number of hydrogen-bond donors (Lipinski definition) is 2. The Balaban J connectivity index is 1.75. The third kappa shape index (κ3) is 5.54. The Bertz CT molecular complexity index is 1340.